The van der Waals surface area contributed by atoms with Crippen molar-refractivity contribution in [2.24, 2.45) is 0 Å². The van der Waals surface area contributed by atoms with Crippen LogP contribution in [0.3, 0.4) is 0 Å². The molecule has 0 atom stereocenters. The van der Waals surface area contributed by atoms with E-state index in [0.29, 0.717) is 19.6 Å². The van der Waals surface area contributed by atoms with Crippen LogP contribution in [0, 0.1) is 11.6 Å². The molecule has 0 N–H and O–H groups in total. The van der Waals surface area contributed by atoms with Gasteiger partial charge in [-0.05, 0) is 12.1 Å². The molecule has 3 rings (SSSR count). The number of fused-ring (bicyclic) bond motifs is 1. The fourth-order valence-corrected chi connectivity index (χ4v) is 2.30. The Hall–Kier alpha value is -2.15. The topological polar surface area (TPSA) is 51.0 Å². The lowest BCUT2D eigenvalue weighted by atomic mass is 10.1. The number of carbonyl (C=O) groups excluding carboxylic acids is 1. The number of aromatic nitrogens is 3. The predicted octanol–water partition coefficient (Wildman–Crippen LogP) is 1.25. The number of halogens is 2. The molecule has 0 bridgehead atoms. The molecule has 0 saturated heterocycles. The highest BCUT2D eigenvalue weighted by Crippen LogP contribution is 2.15. The molecule has 0 amide bonds. The van der Waals surface area contributed by atoms with Crippen molar-refractivity contribution in [1.82, 2.24) is 19.7 Å². The number of hydrogen-bond acceptors (Lipinski definition) is 4. The monoisotopic (exact) mass is 278 g/mol. The average Bonchev–Trinajstić information content (AvgIpc) is 2.85. The standard InChI is InChI=1S/C13H12F2N4O/c14-9-2-1-3-10(15)13(9)11(20)6-18-4-5-19-8-16-17-12(19)7-18/h1-3,8H,4-7H2. The van der Waals surface area contributed by atoms with Crippen molar-refractivity contribution in [2.75, 3.05) is 13.1 Å². The third-order valence-electron chi connectivity index (χ3n) is 3.33. The van der Waals surface area contributed by atoms with E-state index in [2.05, 4.69) is 10.2 Å². The Bertz CT molecular complexity index is 635. The minimum absolute atomic E-state index is 0.0370. The van der Waals surface area contributed by atoms with Crippen LogP contribution in [0.2, 0.25) is 0 Å². The van der Waals surface area contributed by atoms with Gasteiger partial charge in [0, 0.05) is 13.1 Å². The molecule has 1 aromatic heterocycles. The molecule has 1 aliphatic heterocycles. The van der Waals surface area contributed by atoms with Gasteiger partial charge in [-0.3, -0.25) is 9.69 Å². The van der Waals surface area contributed by atoms with E-state index in [0.717, 1.165) is 18.0 Å². The lowest BCUT2D eigenvalue weighted by Gasteiger charge is -2.26. The van der Waals surface area contributed by atoms with Crippen molar-refractivity contribution in [3.63, 3.8) is 0 Å². The number of rotatable bonds is 3. The summed E-state index contributed by atoms with van der Waals surface area (Å²) >= 11 is 0. The van der Waals surface area contributed by atoms with Crippen LogP contribution in [0.5, 0.6) is 0 Å². The first-order valence-electron chi connectivity index (χ1n) is 6.21. The van der Waals surface area contributed by atoms with Gasteiger partial charge in [-0.1, -0.05) is 6.07 Å². The molecule has 0 fully saturated rings. The highest BCUT2D eigenvalue weighted by molar-refractivity contribution is 5.98. The van der Waals surface area contributed by atoms with Gasteiger partial charge in [0.2, 0.25) is 0 Å². The highest BCUT2D eigenvalue weighted by atomic mass is 19.1. The van der Waals surface area contributed by atoms with Crippen molar-refractivity contribution in [1.29, 1.82) is 0 Å². The molecular weight excluding hydrogens is 266 g/mol. The number of hydrogen-bond donors (Lipinski definition) is 0. The Balaban J connectivity index is 1.74. The van der Waals surface area contributed by atoms with Crippen molar-refractivity contribution in [3.8, 4) is 0 Å². The molecular formula is C13H12F2N4O. The van der Waals surface area contributed by atoms with Crippen LogP contribution in [0.4, 0.5) is 8.78 Å². The Kier molecular flexibility index (Phi) is 3.27. The van der Waals surface area contributed by atoms with Crippen molar-refractivity contribution >= 4 is 5.78 Å². The zero-order valence-corrected chi connectivity index (χ0v) is 10.6. The summed E-state index contributed by atoms with van der Waals surface area (Å²) in [7, 11) is 0. The maximum absolute atomic E-state index is 13.5. The van der Waals surface area contributed by atoms with Gasteiger partial charge in [-0.2, -0.15) is 0 Å². The molecule has 104 valence electrons. The molecule has 20 heavy (non-hydrogen) atoms. The van der Waals surface area contributed by atoms with E-state index in [9.17, 15) is 13.6 Å². The summed E-state index contributed by atoms with van der Waals surface area (Å²) < 4.78 is 29.0. The second-order valence-corrected chi connectivity index (χ2v) is 4.67. The minimum atomic E-state index is -0.824. The Morgan fingerprint density at radius 1 is 1.25 bits per heavy atom. The molecule has 2 aromatic rings. The fourth-order valence-electron chi connectivity index (χ4n) is 2.30. The molecule has 2 heterocycles. The van der Waals surface area contributed by atoms with Gasteiger partial charge >= 0.3 is 0 Å². The summed E-state index contributed by atoms with van der Waals surface area (Å²) in [4.78, 5) is 13.8. The van der Waals surface area contributed by atoms with Crippen LogP contribution in [0.25, 0.3) is 0 Å². The van der Waals surface area contributed by atoms with Crippen LogP contribution in [0.1, 0.15) is 16.2 Å². The third-order valence-corrected chi connectivity index (χ3v) is 3.33. The van der Waals surface area contributed by atoms with Crippen molar-refractivity contribution < 1.29 is 13.6 Å². The smallest absolute Gasteiger partial charge is 0.182 e. The Morgan fingerprint density at radius 3 is 2.75 bits per heavy atom. The summed E-state index contributed by atoms with van der Waals surface area (Å²) in [5.41, 5.74) is -0.473. The van der Waals surface area contributed by atoms with E-state index in [-0.39, 0.29) is 6.54 Å². The average molecular weight is 278 g/mol. The summed E-state index contributed by atoms with van der Waals surface area (Å²) in [6, 6.07) is 3.41. The maximum Gasteiger partial charge on any atom is 0.182 e. The molecule has 1 aliphatic rings. The van der Waals surface area contributed by atoms with Gasteiger partial charge in [-0.25, -0.2) is 8.78 Å². The molecule has 0 spiro atoms. The molecule has 1 aromatic carbocycles. The van der Waals surface area contributed by atoms with E-state index >= 15 is 0 Å². The van der Waals surface area contributed by atoms with Gasteiger partial charge in [0.05, 0.1) is 18.7 Å². The number of carbonyl (C=O) groups is 1. The SMILES string of the molecule is O=C(CN1CCn2cnnc2C1)c1c(F)cccc1F. The summed E-state index contributed by atoms with van der Waals surface area (Å²) in [6.07, 6.45) is 1.63. The first-order valence-corrected chi connectivity index (χ1v) is 6.21. The van der Waals surface area contributed by atoms with Crippen LogP contribution < -0.4 is 0 Å². The maximum atomic E-state index is 13.5. The second kappa shape index (κ2) is 5.09. The van der Waals surface area contributed by atoms with E-state index in [1.165, 1.54) is 6.07 Å². The van der Waals surface area contributed by atoms with Crippen molar-refractivity contribution in [2.45, 2.75) is 13.1 Å². The summed E-state index contributed by atoms with van der Waals surface area (Å²) in [5.74, 6) is -1.46. The van der Waals surface area contributed by atoms with E-state index < -0.39 is 23.0 Å². The highest BCUT2D eigenvalue weighted by Gasteiger charge is 2.23. The normalized spacial score (nSPS) is 15.1. The van der Waals surface area contributed by atoms with Gasteiger partial charge < -0.3 is 4.57 Å². The van der Waals surface area contributed by atoms with Gasteiger partial charge in [-0.15, -0.1) is 10.2 Å². The van der Waals surface area contributed by atoms with E-state index in [4.69, 9.17) is 0 Å². The Morgan fingerprint density at radius 2 is 2.00 bits per heavy atom. The molecule has 0 unspecified atom stereocenters. The van der Waals surface area contributed by atoms with Crippen LogP contribution >= 0.6 is 0 Å². The Labute approximate surface area is 113 Å². The van der Waals surface area contributed by atoms with Gasteiger partial charge in [0.15, 0.2) is 5.78 Å². The number of ketones is 1. The largest absolute Gasteiger partial charge is 0.315 e. The first-order chi connectivity index (χ1) is 9.65. The second-order valence-electron chi connectivity index (χ2n) is 4.67. The van der Waals surface area contributed by atoms with Crippen LogP contribution in [-0.4, -0.2) is 38.5 Å². The molecule has 7 heteroatoms. The third kappa shape index (κ3) is 2.32. The van der Waals surface area contributed by atoms with E-state index in [1.807, 2.05) is 4.57 Å². The van der Waals surface area contributed by atoms with Gasteiger partial charge in [0.1, 0.15) is 23.8 Å². The summed E-state index contributed by atoms with van der Waals surface area (Å²) in [6.45, 7) is 1.69. The number of Topliss-reactive ketones (excluding diaryl/α,β-unsaturated/α-hetero) is 1. The quantitative estimate of drug-likeness (QED) is 0.793. The molecule has 0 radical (unpaired) electrons. The fraction of sp³-hybridized carbons (Fsp3) is 0.308. The summed E-state index contributed by atoms with van der Waals surface area (Å²) in [5, 5.41) is 7.72. The van der Waals surface area contributed by atoms with Gasteiger partial charge in [0.25, 0.3) is 0 Å². The number of benzene rings is 1. The zero-order chi connectivity index (χ0) is 14.1. The molecule has 0 aliphatic carbocycles. The minimum Gasteiger partial charge on any atom is -0.315 e. The lowest BCUT2D eigenvalue weighted by molar-refractivity contribution is 0.0899. The van der Waals surface area contributed by atoms with Crippen molar-refractivity contribution in [3.05, 3.63) is 47.5 Å². The zero-order valence-electron chi connectivity index (χ0n) is 10.6. The molecule has 0 saturated carbocycles. The lowest BCUT2D eigenvalue weighted by Crippen LogP contribution is -2.37. The predicted molar refractivity (Wildman–Crippen MR) is 66.0 cm³/mol. The molecule has 5 nitrogen and oxygen atoms in total. The first kappa shape index (κ1) is 12.9. The van der Waals surface area contributed by atoms with Crippen LogP contribution in [0.15, 0.2) is 24.5 Å². The van der Waals surface area contributed by atoms with E-state index in [1.54, 1.807) is 11.2 Å². The van der Waals surface area contributed by atoms with Crippen LogP contribution in [-0.2, 0) is 13.1 Å². The number of nitrogens with zero attached hydrogens (tertiary/aromatic N) is 4.